The molecule has 9 nitrogen and oxygen atoms in total. The van der Waals surface area contributed by atoms with Crippen molar-refractivity contribution in [3.05, 3.63) is 80.1 Å². The molecule has 1 aliphatic rings. The fourth-order valence-corrected chi connectivity index (χ4v) is 4.71. The largest absolute Gasteiger partial charge is 0.365 e. The van der Waals surface area contributed by atoms with Crippen LogP contribution in [-0.2, 0) is 9.59 Å². The van der Waals surface area contributed by atoms with Crippen LogP contribution in [0, 0.1) is 5.82 Å². The Morgan fingerprint density at radius 2 is 1.97 bits per heavy atom. The smallest absolute Gasteiger partial charge is 0.258 e. The highest BCUT2D eigenvalue weighted by Crippen LogP contribution is 2.21. The first-order valence-corrected chi connectivity index (χ1v) is 12.6. The number of thiophene rings is 1. The van der Waals surface area contributed by atoms with Crippen LogP contribution < -0.4 is 21.9 Å². The van der Waals surface area contributed by atoms with Crippen LogP contribution >= 0.6 is 22.9 Å². The Morgan fingerprint density at radius 3 is 2.57 bits per heavy atom. The fraction of sp³-hybridized carbons (Fsp3) is 0.280. The zero-order valence-corrected chi connectivity index (χ0v) is 21.7. The average molecular weight is 548 g/mol. The van der Waals surface area contributed by atoms with Gasteiger partial charge >= 0.3 is 0 Å². The Kier molecular flexibility index (Phi) is 9.95. The molecule has 196 valence electrons. The number of halogens is 2. The summed E-state index contributed by atoms with van der Waals surface area (Å²) in [6.07, 6.45) is 3.41. The molecular formula is C25H27ClFN5O4S. The normalized spacial score (nSPS) is 14.9. The second-order valence-electron chi connectivity index (χ2n) is 8.29. The summed E-state index contributed by atoms with van der Waals surface area (Å²) in [4.78, 5) is 48.2. The summed E-state index contributed by atoms with van der Waals surface area (Å²) in [5.41, 5.74) is 5.12. The highest BCUT2D eigenvalue weighted by Gasteiger charge is 2.26. The summed E-state index contributed by atoms with van der Waals surface area (Å²) in [6, 6.07) is 12.3. The van der Waals surface area contributed by atoms with E-state index in [-0.39, 0.29) is 35.6 Å². The van der Waals surface area contributed by atoms with Crippen molar-refractivity contribution >= 4 is 46.3 Å². The van der Waals surface area contributed by atoms with Gasteiger partial charge in [0.05, 0.1) is 27.1 Å². The van der Waals surface area contributed by atoms with Crippen LogP contribution in [0.25, 0.3) is 5.69 Å². The molecule has 3 heterocycles. The van der Waals surface area contributed by atoms with Gasteiger partial charge in [-0.2, -0.15) is 0 Å². The standard InChI is InChI=1S/C20H23FN4O3.C5H4ClNOS/c1-14(26)22-12-16-5-4-9-24(16)13-19(27)23-18-8-7-15(11-17(18)21)25-10-3-2-6-20(25)28;6-4-2-1-3(9-4)5(7)8/h2-3,6-8,10-11,16H,4-5,9,12-13H2,1H3,(H,22,26)(H,23,27);1-2H,(H2,7,8). The minimum Gasteiger partial charge on any atom is -0.365 e. The predicted octanol–water partition coefficient (Wildman–Crippen LogP) is 3.02. The van der Waals surface area contributed by atoms with E-state index in [9.17, 15) is 23.6 Å². The minimum absolute atomic E-state index is 0.0651. The van der Waals surface area contributed by atoms with E-state index in [1.54, 1.807) is 36.5 Å². The number of anilines is 1. The van der Waals surface area contributed by atoms with E-state index in [4.69, 9.17) is 17.3 Å². The number of rotatable bonds is 7. The summed E-state index contributed by atoms with van der Waals surface area (Å²) < 4.78 is 16.3. The predicted molar refractivity (Wildman–Crippen MR) is 142 cm³/mol. The molecular weight excluding hydrogens is 521 g/mol. The number of carbonyl (C=O) groups excluding carboxylic acids is 3. The molecule has 1 aromatic carbocycles. The van der Waals surface area contributed by atoms with Crippen molar-refractivity contribution in [2.45, 2.75) is 25.8 Å². The number of benzene rings is 1. The number of hydrogen-bond acceptors (Lipinski definition) is 6. The van der Waals surface area contributed by atoms with Crippen LogP contribution in [0.5, 0.6) is 0 Å². The molecule has 0 bridgehead atoms. The average Bonchev–Trinajstić information content (AvgIpc) is 3.48. The maximum atomic E-state index is 14.4. The van der Waals surface area contributed by atoms with Gasteiger partial charge in [0.15, 0.2) is 0 Å². The van der Waals surface area contributed by atoms with Crippen LogP contribution in [0.2, 0.25) is 4.34 Å². The van der Waals surface area contributed by atoms with Gasteiger partial charge in [0.1, 0.15) is 5.82 Å². The van der Waals surface area contributed by atoms with Gasteiger partial charge in [-0.3, -0.25) is 28.6 Å². The third kappa shape index (κ3) is 8.24. The van der Waals surface area contributed by atoms with Gasteiger partial charge in [-0.25, -0.2) is 4.39 Å². The van der Waals surface area contributed by atoms with Gasteiger partial charge in [-0.15, -0.1) is 11.3 Å². The molecule has 1 saturated heterocycles. The number of carbonyl (C=O) groups is 3. The number of nitrogens with two attached hydrogens (primary N) is 1. The Morgan fingerprint density at radius 1 is 1.19 bits per heavy atom. The SMILES string of the molecule is CC(=O)NCC1CCCN1CC(=O)Nc1ccc(-n2ccccc2=O)cc1F.NC(=O)c1ccc(Cl)s1. The van der Waals surface area contributed by atoms with Gasteiger partial charge in [0.2, 0.25) is 11.8 Å². The molecule has 1 fully saturated rings. The van der Waals surface area contributed by atoms with Gasteiger partial charge in [0.25, 0.3) is 11.5 Å². The van der Waals surface area contributed by atoms with E-state index in [2.05, 4.69) is 10.6 Å². The van der Waals surface area contributed by atoms with Crippen LogP contribution in [0.1, 0.15) is 29.4 Å². The summed E-state index contributed by atoms with van der Waals surface area (Å²) >= 11 is 6.70. The third-order valence-corrected chi connectivity index (χ3v) is 6.82. The quantitative estimate of drug-likeness (QED) is 0.419. The van der Waals surface area contributed by atoms with Crippen molar-refractivity contribution in [2.75, 3.05) is 25.0 Å². The first-order chi connectivity index (χ1) is 17.6. The van der Waals surface area contributed by atoms with Crippen molar-refractivity contribution in [1.82, 2.24) is 14.8 Å². The Balaban J connectivity index is 0.000000356. The van der Waals surface area contributed by atoms with Crippen molar-refractivity contribution in [3.8, 4) is 5.69 Å². The molecule has 4 N–H and O–H groups in total. The molecule has 1 unspecified atom stereocenters. The lowest BCUT2D eigenvalue weighted by Crippen LogP contribution is -2.43. The number of hydrogen-bond donors (Lipinski definition) is 3. The summed E-state index contributed by atoms with van der Waals surface area (Å²) in [6.45, 7) is 2.85. The van der Waals surface area contributed by atoms with Crippen molar-refractivity contribution < 1.29 is 18.8 Å². The molecule has 0 saturated carbocycles. The summed E-state index contributed by atoms with van der Waals surface area (Å²) in [5.74, 6) is -1.46. The third-order valence-electron chi connectivity index (χ3n) is 5.58. The number of nitrogens with one attached hydrogen (secondary N) is 2. The van der Waals surface area contributed by atoms with Gasteiger partial charge in [-0.1, -0.05) is 17.7 Å². The molecule has 12 heteroatoms. The first-order valence-electron chi connectivity index (χ1n) is 11.4. The highest BCUT2D eigenvalue weighted by molar-refractivity contribution is 7.17. The molecule has 3 aromatic rings. The van der Waals surface area contributed by atoms with Gasteiger partial charge in [0, 0.05) is 37.8 Å². The molecule has 0 spiro atoms. The highest BCUT2D eigenvalue weighted by atomic mass is 35.5. The van der Waals surface area contributed by atoms with E-state index in [1.165, 1.54) is 41.0 Å². The van der Waals surface area contributed by atoms with Crippen molar-refractivity contribution in [2.24, 2.45) is 5.73 Å². The van der Waals surface area contributed by atoms with Crippen LogP contribution in [0.4, 0.5) is 10.1 Å². The van der Waals surface area contributed by atoms with E-state index in [1.807, 2.05) is 4.90 Å². The number of nitrogens with zero attached hydrogens (tertiary/aromatic N) is 2. The zero-order valence-electron chi connectivity index (χ0n) is 20.1. The lowest BCUT2D eigenvalue weighted by Gasteiger charge is -2.24. The molecule has 3 amide bonds. The van der Waals surface area contributed by atoms with Crippen LogP contribution in [0.15, 0.2) is 59.5 Å². The van der Waals surface area contributed by atoms with Gasteiger partial charge in [-0.05, 0) is 49.7 Å². The molecule has 1 aliphatic heterocycles. The van der Waals surface area contributed by atoms with Crippen molar-refractivity contribution in [1.29, 1.82) is 0 Å². The van der Waals surface area contributed by atoms with E-state index >= 15 is 0 Å². The zero-order chi connectivity index (χ0) is 26.9. The van der Waals surface area contributed by atoms with Gasteiger partial charge < -0.3 is 16.4 Å². The number of aromatic nitrogens is 1. The maximum Gasteiger partial charge on any atom is 0.258 e. The van der Waals surface area contributed by atoms with Crippen LogP contribution in [-0.4, -0.2) is 52.9 Å². The summed E-state index contributed by atoms with van der Waals surface area (Å²) in [5, 5.41) is 5.36. The molecule has 0 aliphatic carbocycles. The first kappa shape index (κ1) is 28.0. The lowest BCUT2D eigenvalue weighted by atomic mass is 10.2. The van der Waals surface area contributed by atoms with Crippen molar-refractivity contribution in [3.63, 3.8) is 0 Å². The molecule has 1 atom stereocenters. The molecule has 37 heavy (non-hydrogen) atoms. The Hall–Kier alpha value is -3.54. The number of likely N-dealkylation sites (tertiary alicyclic amines) is 1. The lowest BCUT2D eigenvalue weighted by molar-refractivity contribution is -0.119. The van der Waals surface area contributed by atoms with Crippen LogP contribution in [0.3, 0.4) is 0 Å². The minimum atomic E-state index is -0.613. The van der Waals surface area contributed by atoms with E-state index in [0.717, 1.165) is 19.4 Å². The monoisotopic (exact) mass is 547 g/mol. The Labute approximate surface area is 222 Å². The number of primary amides is 1. The molecule has 4 rings (SSSR count). The summed E-state index contributed by atoms with van der Waals surface area (Å²) in [7, 11) is 0. The topological polar surface area (TPSA) is 127 Å². The number of amides is 3. The second-order valence-corrected chi connectivity index (χ2v) is 10.0. The number of pyridine rings is 1. The fourth-order valence-electron chi connectivity index (χ4n) is 3.81. The maximum absolute atomic E-state index is 14.4. The Bertz CT molecular complexity index is 1330. The molecule has 2 aromatic heterocycles. The van der Waals surface area contributed by atoms with E-state index in [0.29, 0.717) is 21.4 Å². The molecule has 0 radical (unpaired) electrons. The second kappa shape index (κ2) is 13.1. The van der Waals surface area contributed by atoms with E-state index < -0.39 is 11.7 Å².